The standard InChI is InChI=1S/C15H11IN4O/c16-12-2-1-3-13(9-12)19-15(21)11-4-5-18-14(8-11)20-7-6-17-10-20/h1-10H,(H,19,21). The van der Waals surface area contributed by atoms with Crippen molar-refractivity contribution in [1.82, 2.24) is 14.5 Å². The molecule has 0 aliphatic heterocycles. The van der Waals surface area contributed by atoms with E-state index in [9.17, 15) is 4.79 Å². The van der Waals surface area contributed by atoms with E-state index in [1.54, 1.807) is 41.6 Å². The first kappa shape index (κ1) is 13.7. The average molecular weight is 390 g/mol. The number of halogens is 1. The van der Waals surface area contributed by atoms with Crippen LogP contribution in [0, 0.1) is 3.57 Å². The molecule has 0 saturated heterocycles. The number of hydrogen-bond acceptors (Lipinski definition) is 3. The predicted octanol–water partition coefficient (Wildman–Crippen LogP) is 3.12. The molecule has 1 N–H and O–H groups in total. The van der Waals surface area contributed by atoms with Crippen molar-refractivity contribution in [2.24, 2.45) is 0 Å². The number of carbonyl (C=O) groups is 1. The fourth-order valence-electron chi connectivity index (χ4n) is 1.86. The molecule has 0 aliphatic rings. The van der Waals surface area contributed by atoms with Gasteiger partial charge in [0.1, 0.15) is 12.1 Å². The largest absolute Gasteiger partial charge is 0.322 e. The maximum absolute atomic E-state index is 12.3. The molecular formula is C15H11IN4O. The molecule has 0 radical (unpaired) electrons. The maximum Gasteiger partial charge on any atom is 0.255 e. The summed E-state index contributed by atoms with van der Waals surface area (Å²) >= 11 is 2.21. The van der Waals surface area contributed by atoms with Gasteiger partial charge in [-0.25, -0.2) is 9.97 Å². The van der Waals surface area contributed by atoms with Gasteiger partial charge in [-0.15, -0.1) is 0 Å². The van der Waals surface area contributed by atoms with Gasteiger partial charge in [0.25, 0.3) is 5.91 Å². The fourth-order valence-corrected chi connectivity index (χ4v) is 2.41. The molecule has 5 nitrogen and oxygen atoms in total. The summed E-state index contributed by atoms with van der Waals surface area (Å²) in [5.74, 6) is 0.489. The second kappa shape index (κ2) is 6.04. The Hall–Kier alpha value is -2.22. The number of hydrogen-bond donors (Lipinski definition) is 1. The van der Waals surface area contributed by atoms with E-state index >= 15 is 0 Å². The lowest BCUT2D eigenvalue weighted by molar-refractivity contribution is 0.102. The molecule has 3 rings (SSSR count). The Morgan fingerprint density at radius 1 is 1.19 bits per heavy atom. The summed E-state index contributed by atoms with van der Waals surface area (Å²) < 4.78 is 2.82. The first-order valence-electron chi connectivity index (χ1n) is 6.24. The molecule has 0 bridgehead atoms. The van der Waals surface area contributed by atoms with E-state index in [-0.39, 0.29) is 5.91 Å². The van der Waals surface area contributed by atoms with Gasteiger partial charge in [0.15, 0.2) is 0 Å². The minimum absolute atomic E-state index is 0.166. The average Bonchev–Trinajstić information content (AvgIpc) is 3.02. The summed E-state index contributed by atoms with van der Waals surface area (Å²) in [7, 11) is 0. The highest BCUT2D eigenvalue weighted by Crippen LogP contribution is 2.14. The van der Waals surface area contributed by atoms with E-state index < -0.39 is 0 Å². The molecule has 2 aromatic heterocycles. The first-order valence-corrected chi connectivity index (χ1v) is 7.31. The van der Waals surface area contributed by atoms with E-state index in [2.05, 4.69) is 37.9 Å². The van der Waals surface area contributed by atoms with Crippen LogP contribution in [0.25, 0.3) is 5.82 Å². The molecule has 21 heavy (non-hydrogen) atoms. The van der Waals surface area contributed by atoms with Crippen molar-refractivity contribution in [3.63, 3.8) is 0 Å². The number of imidazole rings is 1. The summed E-state index contributed by atoms with van der Waals surface area (Å²) in [5, 5.41) is 2.88. The third-order valence-corrected chi connectivity index (χ3v) is 3.53. The van der Waals surface area contributed by atoms with Gasteiger partial charge in [0.2, 0.25) is 0 Å². The van der Waals surface area contributed by atoms with Crippen LogP contribution < -0.4 is 5.32 Å². The van der Waals surface area contributed by atoms with E-state index in [0.29, 0.717) is 11.4 Å². The smallest absolute Gasteiger partial charge is 0.255 e. The van der Waals surface area contributed by atoms with Crippen molar-refractivity contribution in [2.45, 2.75) is 0 Å². The molecule has 3 aromatic rings. The fraction of sp³-hybridized carbons (Fsp3) is 0. The summed E-state index contributed by atoms with van der Waals surface area (Å²) in [5.41, 5.74) is 1.32. The SMILES string of the molecule is O=C(Nc1cccc(I)c1)c1ccnc(-n2ccnc2)c1. The Bertz CT molecular complexity index is 771. The van der Waals surface area contributed by atoms with Crippen LogP contribution in [0.15, 0.2) is 61.3 Å². The normalized spacial score (nSPS) is 10.3. The van der Waals surface area contributed by atoms with Gasteiger partial charge in [-0.1, -0.05) is 6.07 Å². The van der Waals surface area contributed by atoms with Gasteiger partial charge in [-0.2, -0.15) is 0 Å². The highest BCUT2D eigenvalue weighted by molar-refractivity contribution is 14.1. The minimum Gasteiger partial charge on any atom is -0.322 e. The summed E-state index contributed by atoms with van der Waals surface area (Å²) in [6, 6.07) is 11.1. The number of amides is 1. The molecule has 0 atom stereocenters. The van der Waals surface area contributed by atoms with Crippen molar-refractivity contribution >= 4 is 34.2 Å². The van der Waals surface area contributed by atoms with E-state index in [4.69, 9.17) is 0 Å². The zero-order chi connectivity index (χ0) is 14.7. The van der Waals surface area contributed by atoms with Gasteiger partial charge >= 0.3 is 0 Å². The second-order valence-electron chi connectivity index (χ2n) is 4.34. The number of pyridine rings is 1. The zero-order valence-corrected chi connectivity index (χ0v) is 13.1. The van der Waals surface area contributed by atoms with Gasteiger partial charge in [-0.05, 0) is 52.9 Å². The zero-order valence-electron chi connectivity index (χ0n) is 10.9. The lowest BCUT2D eigenvalue weighted by atomic mass is 10.2. The molecule has 0 aliphatic carbocycles. The molecule has 0 saturated carbocycles. The number of aromatic nitrogens is 3. The van der Waals surface area contributed by atoms with Gasteiger partial charge in [0.05, 0.1) is 0 Å². The van der Waals surface area contributed by atoms with Gasteiger partial charge in [0, 0.05) is 33.4 Å². The number of carbonyl (C=O) groups excluding carboxylic acids is 1. The number of benzene rings is 1. The molecule has 2 heterocycles. The molecule has 1 amide bonds. The number of nitrogens with one attached hydrogen (secondary N) is 1. The van der Waals surface area contributed by atoms with Crippen LogP contribution in [0.3, 0.4) is 0 Å². The minimum atomic E-state index is -0.166. The topological polar surface area (TPSA) is 59.8 Å². The number of rotatable bonds is 3. The second-order valence-corrected chi connectivity index (χ2v) is 5.58. The molecule has 1 aromatic carbocycles. The molecule has 0 spiro atoms. The maximum atomic E-state index is 12.3. The van der Waals surface area contributed by atoms with Crippen LogP contribution >= 0.6 is 22.6 Å². The van der Waals surface area contributed by atoms with Crippen LogP contribution in [-0.4, -0.2) is 20.4 Å². The van der Waals surface area contributed by atoms with Crippen molar-refractivity contribution in [2.75, 3.05) is 5.32 Å². The van der Waals surface area contributed by atoms with E-state index in [1.807, 2.05) is 24.3 Å². The molecular weight excluding hydrogens is 379 g/mol. The van der Waals surface area contributed by atoms with Gasteiger partial charge in [-0.3, -0.25) is 9.36 Å². The monoisotopic (exact) mass is 390 g/mol. The van der Waals surface area contributed by atoms with E-state index in [1.165, 1.54) is 0 Å². The Kier molecular flexibility index (Phi) is 3.96. The molecule has 0 fully saturated rings. The Balaban J connectivity index is 1.83. The Morgan fingerprint density at radius 3 is 2.86 bits per heavy atom. The Labute approximate surface area is 135 Å². The third-order valence-electron chi connectivity index (χ3n) is 2.86. The van der Waals surface area contributed by atoms with Crippen LogP contribution in [-0.2, 0) is 0 Å². The number of anilines is 1. The lowest BCUT2D eigenvalue weighted by Gasteiger charge is -2.07. The lowest BCUT2D eigenvalue weighted by Crippen LogP contribution is -2.12. The quantitative estimate of drug-likeness (QED) is 0.700. The van der Waals surface area contributed by atoms with Gasteiger partial charge < -0.3 is 5.32 Å². The van der Waals surface area contributed by atoms with Crippen LogP contribution in [0.2, 0.25) is 0 Å². The van der Waals surface area contributed by atoms with E-state index in [0.717, 1.165) is 9.26 Å². The number of nitrogens with zero attached hydrogens (tertiary/aromatic N) is 3. The van der Waals surface area contributed by atoms with Crippen molar-refractivity contribution < 1.29 is 4.79 Å². The van der Waals surface area contributed by atoms with Crippen molar-refractivity contribution in [3.8, 4) is 5.82 Å². The predicted molar refractivity (Wildman–Crippen MR) is 88.5 cm³/mol. The van der Waals surface area contributed by atoms with Crippen LogP contribution in [0.1, 0.15) is 10.4 Å². The summed E-state index contributed by atoms with van der Waals surface area (Å²) in [6.45, 7) is 0. The highest BCUT2D eigenvalue weighted by Gasteiger charge is 2.08. The Morgan fingerprint density at radius 2 is 2.10 bits per heavy atom. The highest BCUT2D eigenvalue weighted by atomic mass is 127. The molecule has 0 unspecified atom stereocenters. The summed E-state index contributed by atoms with van der Waals surface area (Å²) in [4.78, 5) is 20.5. The van der Waals surface area contributed by atoms with Crippen LogP contribution in [0.4, 0.5) is 5.69 Å². The van der Waals surface area contributed by atoms with Crippen LogP contribution in [0.5, 0.6) is 0 Å². The molecule has 104 valence electrons. The summed E-state index contributed by atoms with van der Waals surface area (Å²) in [6.07, 6.45) is 6.70. The van der Waals surface area contributed by atoms with Crippen molar-refractivity contribution in [3.05, 3.63) is 70.4 Å². The first-order chi connectivity index (χ1) is 10.2. The van der Waals surface area contributed by atoms with Crippen molar-refractivity contribution in [1.29, 1.82) is 0 Å². The molecule has 6 heteroatoms. The third kappa shape index (κ3) is 3.27.